The van der Waals surface area contributed by atoms with Crippen LogP contribution in [0.3, 0.4) is 0 Å². The molecule has 2 aromatic carbocycles. The summed E-state index contributed by atoms with van der Waals surface area (Å²) in [4.78, 5) is 0. The Hall–Kier alpha value is -2.08. The summed E-state index contributed by atoms with van der Waals surface area (Å²) in [5, 5.41) is 11.5. The summed E-state index contributed by atoms with van der Waals surface area (Å²) in [6.07, 6.45) is 0. The second-order valence-electron chi connectivity index (χ2n) is 3.69. The van der Waals surface area contributed by atoms with Gasteiger partial charge in [-0.15, -0.1) is 0 Å². The Morgan fingerprint density at radius 1 is 1.26 bits per heavy atom. The molecular formula is C13H10BrFN2O2. The second-order valence-corrected chi connectivity index (χ2v) is 4.54. The molecule has 98 valence electrons. The number of benzene rings is 2. The van der Waals surface area contributed by atoms with Crippen molar-refractivity contribution in [2.45, 2.75) is 0 Å². The largest absolute Gasteiger partial charge is 0.456 e. The monoisotopic (exact) mass is 324 g/mol. The lowest BCUT2D eigenvalue weighted by molar-refractivity contribution is 0.318. The van der Waals surface area contributed by atoms with Crippen LogP contribution in [0.4, 0.5) is 4.39 Å². The van der Waals surface area contributed by atoms with E-state index in [1.54, 1.807) is 30.3 Å². The Bertz CT molecular complexity index is 632. The molecule has 0 radical (unpaired) electrons. The molecule has 0 atom stereocenters. The summed E-state index contributed by atoms with van der Waals surface area (Å²) in [6.45, 7) is 0. The number of hydrogen-bond acceptors (Lipinski definition) is 3. The maximum Gasteiger partial charge on any atom is 0.170 e. The fourth-order valence-electron chi connectivity index (χ4n) is 1.46. The van der Waals surface area contributed by atoms with Gasteiger partial charge in [0.2, 0.25) is 0 Å². The molecule has 0 fully saturated rings. The first kappa shape index (κ1) is 13.4. The van der Waals surface area contributed by atoms with Crippen LogP contribution in [0.25, 0.3) is 0 Å². The van der Waals surface area contributed by atoms with E-state index in [1.807, 2.05) is 0 Å². The number of nitrogens with two attached hydrogens (primary N) is 1. The van der Waals surface area contributed by atoms with Gasteiger partial charge in [0.05, 0.1) is 4.47 Å². The summed E-state index contributed by atoms with van der Waals surface area (Å²) < 4.78 is 19.2. The van der Waals surface area contributed by atoms with Gasteiger partial charge in [0.25, 0.3) is 0 Å². The Morgan fingerprint density at radius 2 is 2.05 bits per heavy atom. The number of amidine groups is 1. The van der Waals surface area contributed by atoms with Crippen LogP contribution in [0.5, 0.6) is 11.5 Å². The van der Waals surface area contributed by atoms with Crippen molar-refractivity contribution < 1.29 is 14.3 Å². The zero-order valence-corrected chi connectivity index (χ0v) is 11.3. The first-order chi connectivity index (χ1) is 9.10. The summed E-state index contributed by atoms with van der Waals surface area (Å²) in [6, 6.07) is 10.7. The third-order valence-corrected chi connectivity index (χ3v) is 2.98. The van der Waals surface area contributed by atoms with Crippen LogP contribution in [-0.4, -0.2) is 11.0 Å². The molecule has 4 nitrogen and oxygen atoms in total. The summed E-state index contributed by atoms with van der Waals surface area (Å²) in [5.74, 6) is 0.511. The molecule has 0 unspecified atom stereocenters. The van der Waals surface area contributed by atoms with E-state index in [0.29, 0.717) is 21.5 Å². The van der Waals surface area contributed by atoms with Gasteiger partial charge in [-0.05, 0) is 46.3 Å². The van der Waals surface area contributed by atoms with Crippen molar-refractivity contribution >= 4 is 21.8 Å². The highest BCUT2D eigenvalue weighted by atomic mass is 79.9. The molecular weight excluding hydrogens is 315 g/mol. The van der Waals surface area contributed by atoms with E-state index in [1.165, 1.54) is 12.1 Å². The highest BCUT2D eigenvalue weighted by Crippen LogP contribution is 2.30. The van der Waals surface area contributed by atoms with E-state index in [9.17, 15) is 4.39 Å². The second kappa shape index (κ2) is 5.71. The zero-order valence-electron chi connectivity index (χ0n) is 9.68. The van der Waals surface area contributed by atoms with Crippen LogP contribution in [-0.2, 0) is 0 Å². The highest BCUT2D eigenvalue weighted by molar-refractivity contribution is 9.10. The fourth-order valence-corrected chi connectivity index (χ4v) is 1.92. The molecule has 0 amide bonds. The molecule has 0 saturated heterocycles. The number of halogens is 2. The van der Waals surface area contributed by atoms with Gasteiger partial charge in [-0.25, -0.2) is 4.39 Å². The maximum absolute atomic E-state index is 13.0. The topological polar surface area (TPSA) is 67.8 Å². The normalized spacial score (nSPS) is 11.4. The van der Waals surface area contributed by atoms with Crippen LogP contribution in [0.1, 0.15) is 5.56 Å². The van der Waals surface area contributed by atoms with Crippen molar-refractivity contribution in [3.63, 3.8) is 0 Å². The summed E-state index contributed by atoms with van der Waals surface area (Å²) >= 11 is 3.31. The lowest BCUT2D eigenvalue weighted by Crippen LogP contribution is -2.12. The molecule has 6 heteroatoms. The van der Waals surface area contributed by atoms with E-state index in [4.69, 9.17) is 15.7 Å². The smallest absolute Gasteiger partial charge is 0.170 e. The van der Waals surface area contributed by atoms with E-state index >= 15 is 0 Å². The van der Waals surface area contributed by atoms with Gasteiger partial charge in [0.1, 0.15) is 17.3 Å². The SMILES string of the molecule is N/C(=N/O)c1ccc(Oc2cccc(F)c2)c(Br)c1. The number of oxime groups is 1. The Kier molecular flexibility index (Phi) is 4.01. The Balaban J connectivity index is 2.27. The number of nitrogens with zero attached hydrogens (tertiary/aromatic N) is 1. The van der Waals surface area contributed by atoms with Crippen molar-refractivity contribution in [2.24, 2.45) is 10.9 Å². The molecule has 0 spiro atoms. The predicted molar refractivity (Wildman–Crippen MR) is 73.1 cm³/mol. The minimum atomic E-state index is -0.373. The third-order valence-electron chi connectivity index (χ3n) is 2.36. The van der Waals surface area contributed by atoms with Gasteiger partial charge in [0.15, 0.2) is 5.84 Å². The van der Waals surface area contributed by atoms with Crippen LogP contribution >= 0.6 is 15.9 Å². The molecule has 0 aliphatic heterocycles. The minimum Gasteiger partial charge on any atom is -0.456 e. The van der Waals surface area contributed by atoms with Gasteiger partial charge in [-0.1, -0.05) is 11.2 Å². The van der Waals surface area contributed by atoms with E-state index < -0.39 is 0 Å². The van der Waals surface area contributed by atoms with E-state index in [2.05, 4.69) is 21.1 Å². The number of rotatable bonds is 3. The highest BCUT2D eigenvalue weighted by Gasteiger charge is 2.07. The maximum atomic E-state index is 13.0. The lowest BCUT2D eigenvalue weighted by atomic mass is 10.2. The minimum absolute atomic E-state index is 0.00185. The van der Waals surface area contributed by atoms with Gasteiger partial charge >= 0.3 is 0 Å². The fraction of sp³-hybridized carbons (Fsp3) is 0. The molecule has 3 N–H and O–H groups in total. The van der Waals surface area contributed by atoms with Crippen molar-refractivity contribution in [2.75, 3.05) is 0 Å². The molecule has 2 aromatic rings. The van der Waals surface area contributed by atoms with Gasteiger partial charge in [0, 0.05) is 11.6 Å². The standard InChI is InChI=1S/C13H10BrFN2O2/c14-11-6-8(13(16)17-18)4-5-12(11)19-10-3-1-2-9(15)7-10/h1-7,18H,(H2,16,17). The Labute approximate surface area is 117 Å². The molecule has 0 aromatic heterocycles. The molecule has 0 heterocycles. The van der Waals surface area contributed by atoms with Crippen molar-refractivity contribution in [1.82, 2.24) is 0 Å². The molecule has 19 heavy (non-hydrogen) atoms. The molecule has 0 saturated carbocycles. The predicted octanol–water partition coefficient (Wildman–Crippen LogP) is 3.48. The first-order valence-electron chi connectivity index (χ1n) is 5.31. The van der Waals surface area contributed by atoms with Crippen LogP contribution in [0, 0.1) is 5.82 Å². The van der Waals surface area contributed by atoms with Gasteiger partial charge < -0.3 is 15.7 Å². The van der Waals surface area contributed by atoms with Crippen molar-refractivity contribution in [3.8, 4) is 11.5 Å². The van der Waals surface area contributed by atoms with Gasteiger partial charge in [-0.2, -0.15) is 0 Å². The summed E-state index contributed by atoms with van der Waals surface area (Å²) in [5.41, 5.74) is 6.02. The van der Waals surface area contributed by atoms with Crippen molar-refractivity contribution in [1.29, 1.82) is 0 Å². The zero-order chi connectivity index (χ0) is 13.8. The molecule has 0 aliphatic carbocycles. The van der Waals surface area contributed by atoms with E-state index in [-0.39, 0.29) is 11.7 Å². The van der Waals surface area contributed by atoms with Crippen LogP contribution in [0.15, 0.2) is 52.1 Å². The Morgan fingerprint density at radius 3 is 2.68 bits per heavy atom. The van der Waals surface area contributed by atoms with Crippen LogP contribution < -0.4 is 10.5 Å². The summed E-state index contributed by atoms with van der Waals surface area (Å²) in [7, 11) is 0. The molecule has 0 bridgehead atoms. The van der Waals surface area contributed by atoms with Crippen molar-refractivity contribution in [3.05, 3.63) is 58.3 Å². The first-order valence-corrected chi connectivity index (χ1v) is 6.10. The number of hydrogen-bond donors (Lipinski definition) is 2. The number of ether oxygens (including phenoxy) is 1. The average Bonchev–Trinajstić information content (AvgIpc) is 2.40. The van der Waals surface area contributed by atoms with E-state index in [0.717, 1.165) is 0 Å². The molecule has 0 aliphatic rings. The quantitative estimate of drug-likeness (QED) is 0.393. The third kappa shape index (κ3) is 3.23. The average molecular weight is 325 g/mol. The van der Waals surface area contributed by atoms with Gasteiger partial charge in [-0.3, -0.25) is 0 Å². The lowest BCUT2D eigenvalue weighted by Gasteiger charge is -2.09. The molecule has 2 rings (SSSR count). The van der Waals surface area contributed by atoms with Crippen LogP contribution in [0.2, 0.25) is 0 Å².